The summed E-state index contributed by atoms with van der Waals surface area (Å²) in [4.78, 5) is 11.7. The lowest BCUT2D eigenvalue weighted by atomic mass is 10.1. The van der Waals surface area contributed by atoms with Gasteiger partial charge in [0.1, 0.15) is 0 Å². The Labute approximate surface area is 100 Å². The van der Waals surface area contributed by atoms with Crippen LogP contribution in [0.15, 0.2) is 23.1 Å². The van der Waals surface area contributed by atoms with Gasteiger partial charge in [0.25, 0.3) is 0 Å². The number of rotatable bonds is 4. The van der Waals surface area contributed by atoms with E-state index in [2.05, 4.69) is 0 Å². The molecular formula is C11H15NO4S. The molecule has 0 aliphatic heterocycles. The third kappa shape index (κ3) is 3.28. The minimum atomic E-state index is -3.35. The molecule has 5 nitrogen and oxygen atoms in total. The molecule has 0 fully saturated rings. The van der Waals surface area contributed by atoms with E-state index in [1.807, 2.05) is 0 Å². The molecule has 0 atom stereocenters. The largest absolute Gasteiger partial charge is 0.462 e. The van der Waals surface area contributed by atoms with Crippen molar-refractivity contribution in [1.29, 1.82) is 0 Å². The lowest BCUT2D eigenvalue weighted by Gasteiger charge is -2.08. The summed E-state index contributed by atoms with van der Waals surface area (Å²) in [6.45, 7) is 2.06. The third-order valence-corrected chi connectivity index (χ3v) is 3.33. The van der Waals surface area contributed by atoms with Crippen molar-refractivity contribution in [3.8, 4) is 0 Å². The monoisotopic (exact) mass is 257 g/mol. The molecule has 0 aliphatic rings. The van der Waals surface area contributed by atoms with Gasteiger partial charge in [-0.25, -0.2) is 13.2 Å². The van der Waals surface area contributed by atoms with E-state index in [0.29, 0.717) is 5.56 Å². The Morgan fingerprint density at radius 1 is 1.41 bits per heavy atom. The van der Waals surface area contributed by atoms with Crippen LogP contribution < -0.4 is 5.73 Å². The number of ether oxygens (including phenoxy) is 1. The van der Waals surface area contributed by atoms with E-state index in [-0.39, 0.29) is 23.6 Å². The van der Waals surface area contributed by atoms with E-state index in [0.717, 1.165) is 6.26 Å². The first-order valence-electron chi connectivity index (χ1n) is 5.10. The third-order valence-electron chi connectivity index (χ3n) is 2.22. The highest BCUT2D eigenvalue weighted by Crippen LogP contribution is 2.17. The van der Waals surface area contributed by atoms with Crippen LogP contribution in [0.5, 0.6) is 0 Å². The van der Waals surface area contributed by atoms with Crippen molar-refractivity contribution in [2.75, 3.05) is 12.9 Å². The lowest BCUT2D eigenvalue weighted by molar-refractivity contribution is 0.0525. The minimum absolute atomic E-state index is 0.0813. The molecule has 1 rings (SSSR count). The van der Waals surface area contributed by atoms with E-state index >= 15 is 0 Å². The fraction of sp³-hybridized carbons (Fsp3) is 0.364. The molecule has 6 heteroatoms. The Hall–Kier alpha value is -1.40. The minimum Gasteiger partial charge on any atom is -0.462 e. The van der Waals surface area contributed by atoms with E-state index in [1.54, 1.807) is 6.92 Å². The van der Waals surface area contributed by atoms with Crippen molar-refractivity contribution in [3.63, 3.8) is 0 Å². The Morgan fingerprint density at radius 3 is 2.53 bits per heavy atom. The SMILES string of the molecule is CCOC(=O)c1cc(S(C)(=O)=O)ccc1CN. The molecule has 0 heterocycles. The highest BCUT2D eigenvalue weighted by molar-refractivity contribution is 7.90. The van der Waals surface area contributed by atoms with Gasteiger partial charge in [-0.1, -0.05) is 6.07 Å². The Bertz CT molecular complexity index is 522. The normalized spacial score (nSPS) is 11.2. The Morgan fingerprint density at radius 2 is 2.06 bits per heavy atom. The van der Waals surface area contributed by atoms with E-state index in [1.165, 1.54) is 18.2 Å². The zero-order chi connectivity index (χ0) is 13.1. The maximum absolute atomic E-state index is 11.6. The summed E-state index contributed by atoms with van der Waals surface area (Å²) in [6, 6.07) is 4.26. The summed E-state index contributed by atoms with van der Waals surface area (Å²) in [7, 11) is -3.35. The Kier molecular flexibility index (Phi) is 4.25. The van der Waals surface area contributed by atoms with Crippen molar-refractivity contribution in [3.05, 3.63) is 29.3 Å². The van der Waals surface area contributed by atoms with Crippen molar-refractivity contribution in [1.82, 2.24) is 0 Å². The summed E-state index contributed by atoms with van der Waals surface area (Å²) < 4.78 is 27.6. The maximum Gasteiger partial charge on any atom is 0.338 e. The van der Waals surface area contributed by atoms with Crippen molar-refractivity contribution in [2.24, 2.45) is 5.73 Å². The highest BCUT2D eigenvalue weighted by atomic mass is 32.2. The fourth-order valence-corrected chi connectivity index (χ4v) is 2.01. The molecule has 1 aromatic rings. The Balaban J connectivity index is 3.30. The lowest BCUT2D eigenvalue weighted by Crippen LogP contribution is -2.12. The van der Waals surface area contributed by atoms with Gasteiger partial charge in [-0.05, 0) is 24.6 Å². The van der Waals surface area contributed by atoms with Crippen LogP contribution in [0.4, 0.5) is 0 Å². The topological polar surface area (TPSA) is 86.5 Å². The first-order chi connectivity index (χ1) is 7.90. The first kappa shape index (κ1) is 13.7. The van der Waals surface area contributed by atoms with Gasteiger partial charge < -0.3 is 10.5 Å². The number of sulfone groups is 1. The van der Waals surface area contributed by atoms with Gasteiger partial charge in [0.2, 0.25) is 0 Å². The van der Waals surface area contributed by atoms with Crippen LogP contribution in [0, 0.1) is 0 Å². The second-order valence-electron chi connectivity index (χ2n) is 3.52. The average molecular weight is 257 g/mol. The van der Waals surface area contributed by atoms with Crippen LogP contribution in [-0.4, -0.2) is 27.2 Å². The standard InChI is InChI=1S/C11H15NO4S/c1-3-16-11(13)10-6-9(17(2,14)15)5-4-8(10)7-12/h4-6H,3,7,12H2,1-2H3. The second-order valence-corrected chi connectivity index (χ2v) is 5.53. The number of carbonyl (C=O) groups is 1. The molecule has 0 aliphatic carbocycles. The number of hydrogen-bond acceptors (Lipinski definition) is 5. The molecule has 0 saturated carbocycles. The molecule has 0 spiro atoms. The number of esters is 1. The van der Waals surface area contributed by atoms with Gasteiger partial charge >= 0.3 is 5.97 Å². The van der Waals surface area contributed by atoms with Gasteiger partial charge in [0, 0.05) is 12.8 Å². The van der Waals surface area contributed by atoms with E-state index in [4.69, 9.17) is 10.5 Å². The summed E-state index contributed by atoms with van der Waals surface area (Å²) in [6.07, 6.45) is 1.08. The van der Waals surface area contributed by atoms with Crippen molar-refractivity contribution >= 4 is 15.8 Å². The summed E-state index contributed by atoms with van der Waals surface area (Å²) in [5.41, 5.74) is 6.26. The number of hydrogen-bond donors (Lipinski definition) is 1. The van der Waals surface area contributed by atoms with E-state index < -0.39 is 15.8 Å². The molecule has 0 unspecified atom stereocenters. The molecule has 94 valence electrons. The van der Waals surface area contributed by atoms with E-state index in [9.17, 15) is 13.2 Å². The number of nitrogens with two attached hydrogens (primary N) is 1. The molecule has 0 saturated heterocycles. The molecule has 0 amide bonds. The van der Waals surface area contributed by atoms with Crippen LogP contribution in [0.1, 0.15) is 22.8 Å². The number of benzene rings is 1. The molecular weight excluding hydrogens is 242 g/mol. The first-order valence-corrected chi connectivity index (χ1v) is 6.99. The molecule has 17 heavy (non-hydrogen) atoms. The van der Waals surface area contributed by atoms with Crippen LogP contribution >= 0.6 is 0 Å². The summed E-state index contributed by atoms with van der Waals surface area (Å²) in [5.74, 6) is -0.557. The molecule has 0 bridgehead atoms. The van der Waals surface area contributed by atoms with Crippen LogP contribution in [0.3, 0.4) is 0 Å². The highest BCUT2D eigenvalue weighted by Gasteiger charge is 2.16. The molecule has 0 radical (unpaired) electrons. The van der Waals surface area contributed by atoms with Gasteiger partial charge in [-0.15, -0.1) is 0 Å². The van der Waals surface area contributed by atoms with Crippen LogP contribution in [-0.2, 0) is 21.1 Å². The molecule has 1 aromatic carbocycles. The van der Waals surface area contributed by atoms with Gasteiger partial charge in [0.15, 0.2) is 9.84 Å². The second kappa shape index (κ2) is 5.29. The van der Waals surface area contributed by atoms with Gasteiger partial charge in [-0.3, -0.25) is 0 Å². The quantitative estimate of drug-likeness (QED) is 0.803. The van der Waals surface area contributed by atoms with Gasteiger partial charge in [0.05, 0.1) is 17.1 Å². The fourth-order valence-electron chi connectivity index (χ4n) is 1.36. The summed E-state index contributed by atoms with van der Waals surface area (Å²) in [5, 5.41) is 0. The molecule has 0 aromatic heterocycles. The zero-order valence-corrected chi connectivity index (χ0v) is 10.6. The average Bonchev–Trinajstić information content (AvgIpc) is 2.27. The van der Waals surface area contributed by atoms with Crippen LogP contribution in [0.25, 0.3) is 0 Å². The predicted molar refractivity (Wildman–Crippen MR) is 63.4 cm³/mol. The molecule has 2 N–H and O–H groups in total. The number of carbonyl (C=O) groups excluding carboxylic acids is 1. The predicted octanol–water partition coefficient (Wildman–Crippen LogP) is 0.726. The van der Waals surface area contributed by atoms with Crippen molar-refractivity contribution in [2.45, 2.75) is 18.4 Å². The smallest absolute Gasteiger partial charge is 0.338 e. The van der Waals surface area contributed by atoms with Crippen molar-refractivity contribution < 1.29 is 17.9 Å². The van der Waals surface area contributed by atoms with Gasteiger partial charge in [-0.2, -0.15) is 0 Å². The maximum atomic E-state index is 11.6. The van der Waals surface area contributed by atoms with Crippen LogP contribution in [0.2, 0.25) is 0 Å². The zero-order valence-electron chi connectivity index (χ0n) is 9.76. The summed E-state index contributed by atoms with van der Waals surface area (Å²) >= 11 is 0.